The van der Waals surface area contributed by atoms with Crippen LogP contribution in [0.2, 0.25) is 19.6 Å². The summed E-state index contributed by atoms with van der Waals surface area (Å²) >= 11 is 0. The van der Waals surface area contributed by atoms with E-state index >= 15 is 0 Å². The zero-order valence-corrected chi connectivity index (χ0v) is 15.1. The number of amides is 2. The third kappa shape index (κ3) is 3.73. The van der Waals surface area contributed by atoms with Crippen LogP contribution in [0.1, 0.15) is 47.1 Å². The summed E-state index contributed by atoms with van der Waals surface area (Å²) in [4.78, 5) is 24.5. The third-order valence-electron chi connectivity index (χ3n) is 3.51. The quantitative estimate of drug-likeness (QED) is 0.285. The molecule has 0 unspecified atom stereocenters. The Hall–Kier alpha value is -1.70. The van der Waals surface area contributed by atoms with Crippen molar-refractivity contribution < 1.29 is 9.59 Å². The molecule has 0 aliphatic rings. The summed E-state index contributed by atoms with van der Waals surface area (Å²) in [6.07, 6.45) is 0. The summed E-state index contributed by atoms with van der Waals surface area (Å²) in [5.41, 5.74) is 5.92. The van der Waals surface area contributed by atoms with Gasteiger partial charge in [0.15, 0.2) is 0 Å². The first-order valence-corrected chi connectivity index (χ1v) is 10.6. The van der Waals surface area contributed by atoms with Gasteiger partial charge >= 0.3 is 0 Å². The summed E-state index contributed by atoms with van der Waals surface area (Å²) in [5, 5.41) is 0.756. The predicted octanol–water partition coefficient (Wildman–Crippen LogP) is 0.736. The number of benzene rings is 1. The van der Waals surface area contributed by atoms with Crippen LogP contribution in [-0.4, -0.2) is 19.9 Å². The molecule has 0 aliphatic heterocycles. The van der Waals surface area contributed by atoms with Crippen molar-refractivity contribution in [2.45, 2.75) is 45.8 Å². The van der Waals surface area contributed by atoms with E-state index < -0.39 is 19.9 Å². The summed E-state index contributed by atoms with van der Waals surface area (Å²) in [7, 11) is -2.00. The molecule has 0 fully saturated rings. The highest BCUT2D eigenvalue weighted by Gasteiger charge is 2.31. The van der Waals surface area contributed by atoms with E-state index in [1.165, 1.54) is 0 Å². The van der Waals surface area contributed by atoms with Crippen molar-refractivity contribution in [1.29, 1.82) is 0 Å². The molecule has 6 nitrogen and oxygen atoms in total. The van der Waals surface area contributed by atoms with Crippen LogP contribution < -0.4 is 27.7 Å². The van der Waals surface area contributed by atoms with Crippen LogP contribution in [0.3, 0.4) is 0 Å². The Bertz CT molecular complexity index is 564. The van der Waals surface area contributed by atoms with Gasteiger partial charge in [-0.05, 0) is 28.3 Å². The van der Waals surface area contributed by atoms with Gasteiger partial charge in [-0.25, -0.2) is 11.7 Å². The summed E-state index contributed by atoms with van der Waals surface area (Å²) in [5.74, 6) is 9.86. The Morgan fingerprint density at radius 1 is 0.955 bits per heavy atom. The van der Waals surface area contributed by atoms with Crippen LogP contribution in [-0.2, 0) is 5.41 Å². The van der Waals surface area contributed by atoms with E-state index in [0.717, 1.165) is 10.8 Å². The lowest BCUT2D eigenvalue weighted by molar-refractivity contribution is 0.0953. The lowest BCUT2D eigenvalue weighted by atomic mass is 9.84. The molecule has 1 rings (SSSR count). The number of carbonyl (C=O) groups is 2. The second-order valence-corrected chi connectivity index (χ2v) is 12.4. The Kier molecular flexibility index (Phi) is 5.16. The van der Waals surface area contributed by atoms with Crippen LogP contribution >= 0.6 is 0 Å². The van der Waals surface area contributed by atoms with Gasteiger partial charge in [0.2, 0.25) is 0 Å². The first-order valence-electron chi connectivity index (χ1n) is 7.14. The van der Waals surface area contributed by atoms with Crippen molar-refractivity contribution in [3.8, 4) is 0 Å². The topological polar surface area (TPSA) is 110 Å². The van der Waals surface area contributed by atoms with E-state index in [2.05, 4.69) is 30.5 Å². The predicted molar refractivity (Wildman–Crippen MR) is 91.4 cm³/mol. The van der Waals surface area contributed by atoms with Gasteiger partial charge < -0.3 is 0 Å². The highest BCUT2D eigenvalue weighted by Crippen LogP contribution is 2.25. The molecular weight excluding hydrogens is 296 g/mol. The first-order chi connectivity index (χ1) is 9.93. The molecule has 1 aromatic rings. The van der Waals surface area contributed by atoms with Crippen LogP contribution in [0.15, 0.2) is 12.1 Å². The standard InChI is InChI=1S/C15H26N4O2Si/c1-15(2,3)9-7-10(13(20)18-16)12(22(4,5)6)11(8-9)14(21)19-17/h7-8H,16-17H2,1-6H3,(H,18,20)(H,19,21). The fourth-order valence-electron chi connectivity index (χ4n) is 2.40. The normalized spacial score (nSPS) is 12.0. The maximum absolute atomic E-state index is 12.2. The van der Waals surface area contributed by atoms with Crippen molar-refractivity contribution in [2.75, 3.05) is 0 Å². The van der Waals surface area contributed by atoms with Crippen molar-refractivity contribution in [3.05, 3.63) is 28.8 Å². The van der Waals surface area contributed by atoms with Crippen LogP contribution in [0, 0.1) is 0 Å². The van der Waals surface area contributed by atoms with Crippen molar-refractivity contribution in [2.24, 2.45) is 11.7 Å². The molecule has 0 aliphatic carbocycles. The summed E-state index contributed by atoms with van der Waals surface area (Å²) in [6.45, 7) is 12.3. The molecule has 0 saturated heterocycles. The number of nitrogen functional groups attached to an aromatic ring is 2. The van der Waals surface area contributed by atoms with E-state index in [9.17, 15) is 9.59 Å². The maximum Gasteiger partial charge on any atom is 0.265 e. The SMILES string of the molecule is CC(C)(C)c1cc(C(=O)NN)c([Si](C)(C)C)c(C(=O)NN)c1. The minimum Gasteiger partial charge on any atom is -0.290 e. The fraction of sp³-hybridized carbons (Fsp3) is 0.467. The van der Waals surface area contributed by atoms with Gasteiger partial charge in [0.05, 0.1) is 8.07 Å². The van der Waals surface area contributed by atoms with E-state index in [-0.39, 0.29) is 5.41 Å². The number of nitrogens with one attached hydrogen (secondary N) is 2. The Labute approximate surface area is 132 Å². The zero-order valence-electron chi connectivity index (χ0n) is 14.1. The van der Waals surface area contributed by atoms with Crippen molar-refractivity contribution in [3.63, 3.8) is 0 Å². The average molecular weight is 322 g/mol. The zero-order chi connectivity index (χ0) is 17.3. The van der Waals surface area contributed by atoms with Gasteiger partial charge in [-0.15, -0.1) is 0 Å². The van der Waals surface area contributed by atoms with Crippen LogP contribution in [0.25, 0.3) is 0 Å². The molecule has 0 atom stereocenters. The first kappa shape index (κ1) is 18.3. The summed E-state index contributed by atoms with van der Waals surface area (Å²) < 4.78 is 0. The van der Waals surface area contributed by atoms with Crippen LogP contribution in [0.4, 0.5) is 0 Å². The van der Waals surface area contributed by atoms with E-state index in [0.29, 0.717) is 11.1 Å². The van der Waals surface area contributed by atoms with Gasteiger partial charge in [0.25, 0.3) is 11.8 Å². The molecule has 0 spiro atoms. The van der Waals surface area contributed by atoms with Gasteiger partial charge in [0, 0.05) is 11.1 Å². The molecule has 0 radical (unpaired) electrons. The van der Waals surface area contributed by atoms with Crippen molar-refractivity contribution in [1.82, 2.24) is 10.9 Å². The van der Waals surface area contributed by atoms with E-state index in [4.69, 9.17) is 11.7 Å². The Morgan fingerprint density at radius 3 is 1.55 bits per heavy atom. The number of carbonyl (C=O) groups excluding carboxylic acids is 2. The second kappa shape index (κ2) is 6.19. The van der Waals surface area contributed by atoms with E-state index in [1.807, 2.05) is 32.9 Å². The third-order valence-corrected chi connectivity index (χ3v) is 5.54. The van der Waals surface area contributed by atoms with Crippen molar-refractivity contribution >= 4 is 25.1 Å². The average Bonchev–Trinajstić information content (AvgIpc) is 2.42. The van der Waals surface area contributed by atoms with E-state index in [1.54, 1.807) is 0 Å². The Balaban J connectivity index is 3.85. The monoisotopic (exact) mass is 322 g/mol. The molecule has 0 aromatic heterocycles. The van der Waals surface area contributed by atoms with Crippen LogP contribution in [0.5, 0.6) is 0 Å². The van der Waals surface area contributed by atoms with Gasteiger partial charge in [-0.3, -0.25) is 20.4 Å². The molecule has 1 aromatic carbocycles. The summed E-state index contributed by atoms with van der Waals surface area (Å²) in [6, 6.07) is 3.64. The number of hydrogen-bond acceptors (Lipinski definition) is 4. The molecule has 7 heteroatoms. The molecule has 2 amide bonds. The molecule has 122 valence electrons. The van der Waals surface area contributed by atoms with Gasteiger partial charge in [-0.2, -0.15) is 0 Å². The second-order valence-electron chi connectivity index (χ2n) is 7.39. The molecular formula is C15H26N4O2Si. The number of rotatable bonds is 3. The minimum atomic E-state index is -2.00. The molecule has 22 heavy (non-hydrogen) atoms. The number of nitrogens with two attached hydrogens (primary N) is 2. The fourth-order valence-corrected chi connectivity index (χ4v) is 4.38. The Morgan fingerprint density at radius 2 is 1.32 bits per heavy atom. The number of hydrazine groups is 2. The highest BCUT2D eigenvalue weighted by molar-refractivity contribution is 6.90. The smallest absolute Gasteiger partial charge is 0.265 e. The molecule has 6 N–H and O–H groups in total. The lowest BCUT2D eigenvalue weighted by Gasteiger charge is -2.28. The molecule has 0 saturated carbocycles. The maximum atomic E-state index is 12.2. The molecule has 0 heterocycles. The largest absolute Gasteiger partial charge is 0.290 e. The van der Waals surface area contributed by atoms with Gasteiger partial charge in [0.1, 0.15) is 0 Å². The number of hydrogen-bond donors (Lipinski definition) is 4. The van der Waals surface area contributed by atoms with Gasteiger partial charge in [-0.1, -0.05) is 40.4 Å². The highest BCUT2D eigenvalue weighted by atomic mass is 28.3. The molecule has 0 bridgehead atoms. The lowest BCUT2D eigenvalue weighted by Crippen LogP contribution is -2.49. The minimum absolute atomic E-state index is 0.217.